The van der Waals surface area contributed by atoms with Crippen LogP contribution < -0.4 is 0 Å². The maximum absolute atomic E-state index is 13.5. The van der Waals surface area contributed by atoms with Crippen molar-refractivity contribution in [2.75, 3.05) is 0 Å². The van der Waals surface area contributed by atoms with Crippen molar-refractivity contribution in [3.63, 3.8) is 0 Å². The van der Waals surface area contributed by atoms with Gasteiger partial charge in [-0.3, -0.25) is 9.59 Å². The molecule has 0 saturated heterocycles. The molecule has 182 valence electrons. The molecule has 33 heavy (non-hydrogen) atoms. The molecule has 4 aliphatic carbocycles. The number of carbonyl (C=O) groups excluding carboxylic acids is 2. The van der Waals surface area contributed by atoms with E-state index in [4.69, 9.17) is 4.74 Å². The zero-order chi connectivity index (χ0) is 24.1. The lowest BCUT2D eigenvalue weighted by Crippen LogP contribution is -2.44. The Morgan fingerprint density at radius 3 is 2.48 bits per heavy atom. The lowest BCUT2D eigenvalue weighted by Gasteiger charge is -2.51. The Morgan fingerprint density at radius 1 is 1.09 bits per heavy atom. The van der Waals surface area contributed by atoms with Crippen LogP contribution in [0.15, 0.2) is 34.9 Å². The minimum absolute atomic E-state index is 0.0302. The van der Waals surface area contributed by atoms with Gasteiger partial charge >= 0.3 is 5.97 Å². The summed E-state index contributed by atoms with van der Waals surface area (Å²) in [5, 5.41) is 0. The fourth-order valence-electron chi connectivity index (χ4n) is 7.62. The summed E-state index contributed by atoms with van der Waals surface area (Å²) in [5.74, 6) is 2.86. The first kappa shape index (κ1) is 24.5. The molecule has 0 aromatic heterocycles. The van der Waals surface area contributed by atoms with E-state index in [1.54, 1.807) is 0 Å². The summed E-state index contributed by atoms with van der Waals surface area (Å²) in [6.45, 7) is 15.6. The highest BCUT2D eigenvalue weighted by Gasteiger charge is 2.56. The molecule has 2 saturated carbocycles. The molecular formula is C30H44O3. The van der Waals surface area contributed by atoms with Crippen LogP contribution in [0, 0.1) is 40.4 Å². The number of ether oxygens (including phenoxy) is 1. The van der Waals surface area contributed by atoms with E-state index in [2.05, 4.69) is 53.7 Å². The molecule has 0 spiro atoms. The van der Waals surface area contributed by atoms with Crippen LogP contribution in [-0.4, -0.2) is 17.9 Å². The van der Waals surface area contributed by atoms with Gasteiger partial charge in [0.25, 0.3) is 0 Å². The van der Waals surface area contributed by atoms with Gasteiger partial charge in [-0.25, -0.2) is 0 Å². The average molecular weight is 453 g/mol. The van der Waals surface area contributed by atoms with Crippen molar-refractivity contribution in [1.29, 1.82) is 0 Å². The summed E-state index contributed by atoms with van der Waals surface area (Å²) in [4.78, 5) is 25.0. The first-order chi connectivity index (χ1) is 15.5. The van der Waals surface area contributed by atoms with E-state index in [1.807, 2.05) is 6.08 Å². The largest absolute Gasteiger partial charge is 0.462 e. The van der Waals surface area contributed by atoms with Gasteiger partial charge < -0.3 is 4.74 Å². The number of fused-ring (bicyclic) bond motifs is 4. The number of hydrogen-bond donors (Lipinski definition) is 0. The molecule has 0 bridgehead atoms. The molecule has 4 aliphatic rings. The lowest BCUT2D eigenvalue weighted by atomic mass is 9.53. The second-order valence-electron chi connectivity index (χ2n) is 12.3. The monoisotopic (exact) mass is 452 g/mol. The maximum Gasteiger partial charge on any atom is 0.302 e. The molecule has 0 aromatic carbocycles. The van der Waals surface area contributed by atoms with Crippen LogP contribution >= 0.6 is 0 Å². The number of ketones is 1. The van der Waals surface area contributed by atoms with E-state index in [-0.39, 0.29) is 28.7 Å². The summed E-state index contributed by atoms with van der Waals surface area (Å²) in [6, 6.07) is 0. The fraction of sp³-hybridized carbons (Fsp3) is 0.733. The summed E-state index contributed by atoms with van der Waals surface area (Å²) >= 11 is 0. The van der Waals surface area contributed by atoms with Crippen molar-refractivity contribution in [3.8, 4) is 0 Å². The molecule has 0 aromatic rings. The normalized spacial score (nSPS) is 38.0. The molecule has 0 amide bonds. The van der Waals surface area contributed by atoms with E-state index in [0.717, 1.165) is 31.3 Å². The Morgan fingerprint density at radius 2 is 1.82 bits per heavy atom. The molecule has 3 nitrogen and oxygen atoms in total. The predicted molar refractivity (Wildman–Crippen MR) is 133 cm³/mol. The minimum atomic E-state index is -0.220. The highest BCUT2D eigenvalue weighted by atomic mass is 16.5. The second-order valence-corrected chi connectivity index (χ2v) is 12.3. The van der Waals surface area contributed by atoms with Crippen LogP contribution in [0.25, 0.3) is 0 Å². The van der Waals surface area contributed by atoms with Crippen LogP contribution in [0.4, 0.5) is 0 Å². The molecule has 0 N–H and O–H groups in total. The molecule has 0 unspecified atom stereocenters. The third-order valence-electron chi connectivity index (χ3n) is 10.1. The third-order valence-corrected chi connectivity index (χ3v) is 10.1. The van der Waals surface area contributed by atoms with Crippen molar-refractivity contribution >= 4 is 11.8 Å². The summed E-state index contributed by atoms with van der Waals surface area (Å²) in [6.07, 6.45) is 13.9. The fourth-order valence-corrected chi connectivity index (χ4v) is 7.62. The van der Waals surface area contributed by atoms with Gasteiger partial charge in [-0.05, 0) is 79.6 Å². The van der Waals surface area contributed by atoms with Gasteiger partial charge in [0.1, 0.15) is 6.10 Å². The quantitative estimate of drug-likeness (QED) is 0.326. The highest BCUT2D eigenvalue weighted by Crippen LogP contribution is 2.64. The smallest absolute Gasteiger partial charge is 0.302 e. The van der Waals surface area contributed by atoms with E-state index in [0.29, 0.717) is 36.0 Å². The Balaban J connectivity index is 1.58. The Labute approximate surface area is 201 Å². The van der Waals surface area contributed by atoms with Gasteiger partial charge in [0, 0.05) is 24.3 Å². The lowest BCUT2D eigenvalue weighted by molar-refractivity contribution is -0.147. The third kappa shape index (κ3) is 4.19. The van der Waals surface area contributed by atoms with Gasteiger partial charge in [0.2, 0.25) is 0 Å². The predicted octanol–water partition coefficient (Wildman–Crippen LogP) is 7.22. The maximum atomic E-state index is 13.5. The first-order valence-corrected chi connectivity index (χ1v) is 13.3. The van der Waals surface area contributed by atoms with Crippen LogP contribution in [0.5, 0.6) is 0 Å². The summed E-state index contributed by atoms with van der Waals surface area (Å²) < 4.78 is 5.52. The van der Waals surface area contributed by atoms with Crippen LogP contribution in [0.1, 0.15) is 93.4 Å². The van der Waals surface area contributed by atoms with E-state index < -0.39 is 0 Å². The second kappa shape index (κ2) is 8.86. The molecule has 2 fully saturated rings. The average Bonchev–Trinajstić information content (AvgIpc) is 3.09. The van der Waals surface area contributed by atoms with Gasteiger partial charge in [-0.15, -0.1) is 0 Å². The number of hydrogen-bond acceptors (Lipinski definition) is 3. The van der Waals surface area contributed by atoms with Crippen molar-refractivity contribution in [1.82, 2.24) is 0 Å². The molecule has 7 atom stereocenters. The van der Waals surface area contributed by atoms with E-state index in [1.165, 1.54) is 30.9 Å². The van der Waals surface area contributed by atoms with E-state index in [9.17, 15) is 9.59 Å². The van der Waals surface area contributed by atoms with Crippen LogP contribution in [0.2, 0.25) is 0 Å². The molecule has 0 aliphatic heterocycles. The Bertz CT molecular complexity index is 906. The Hall–Kier alpha value is -1.64. The Kier molecular flexibility index (Phi) is 6.57. The minimum Gasteiger partial charge on any atom is -0.462 e. The van der Waals surface area contributed by atoms with Crippen molar-refractivity contribution in [3.05, 3.63) is 34.9 Å². The number of esters is 1. The van der Waals surface area contributed by atoms with E-state index >= 15 is 0 Å². The number of carbonyl (C=O) groups is 2. The molecule has 4 rings (SSSR count). The van der Waals surface area contributed by atoms with Gasteiger partial charge in [0.05, 0.1) is 0 Å². The summed E-state index contributed by atoms with van der Waals surface area (Å²) in [7, 11) is 0. The highest BCUT2D eigenvalue weighted by molar-refractivity contribution is 6.07. The number of allylic oxidation sites excluding steroid dienone is 5. The van der Waals surface area contributed by atoms with Gasteiger partial charge in [0.15, 0.2) is 5.78 Å². The molecule has 3 heteroatoms. The topological polar surface area (TPSA) is 43.4 Å². The molecular weight excluding hydrogens is 408 g/mol. The summed E-state index contributed by atoms with van der Waals surface area (Å²) in [5.41, 5.74) is 3.95. The van der Waals surface area contributed by atoms with Gasteiger partial charge in [-0.1, -0.05) is 64.8 Å². The first-order valence-electron chi connectivity index (χ1n) is 13.3. The SMILES string of the molecule is CC(=O)O[C@@H]1CC[C@]2(C)C(=CC(=O)C3=C2CC[C@]2(C)[C@@H]3CC[C@@H]2[C@H](C)/C=C/[C@@H](C)C(C)C)C1. The van der Waals surface area contributed by atoms with Gasteiger partial charge in [-0.2, -0.15) is 0 Å². The van der Waals surface area contributed by atoms with Crippen molar-refractivity contribution < 1.29 is 14.3 Å². The van der Waals surface area contributed by atoms with Crippen molar-refractivity contribution in [2.24, 2.45) is 40.4 Å². The van der Waals surface area contributed by atoms with Crippen LogP contribution in [-0.2, 0) is 14.3 Å². The molecule has 0 heterocycles. The molecule has 0 radical (unpaired) electrons. The van der Waals surface area contributed by atoms with Crippen LogP contribution in [0.3, 0.4) is 0 Å². The van der Waals surface area contributed by atoms with Crippen molar-refractivity contribution in [2.45, 2.75) is 99.5 Å². The zero-order valence-electron chi connectivity index (χ0n) is 21.9. The number of rotatable bonds is 5. The standard InChI is InChI=1S/C30H44O3/c1-18(2)19(3)8-9-20(4)24-10-11-25-28-26(13-15-30(24,25)7)29(6)14-12-23(33-21(5)31)16-22(29)17-27(28)32/h8-9,17-20,23-25H,10-16H2,1-7H3/b9-8+/t19-,20-,23-,24-,25-,29-,30+/m1/s1. The zero-order valence-corrected chi connectivity index (χ0v) is 21.9.